The summed E-state index contributed by atoms with van der Waals surface area (Å²) in [7, 11) is 0. The highest BCUT2D eigenvalue weighted by atomic mass is 35.5. The number of piperazine rings is 1. The van der Waals surface area contributed by atoms with Crippen LogP contribution in [0.15, 0.2) is 36.5 Å². The van der Waals surface area contributed by atoms with Crippen molar-refractivity contribution in [3.63, 3.8) is 0 Å². The third-order valence-electron chi connectivity index (χ3n) is 8.84. The lowest BCUT2D eigenvalue weighted by Crippen LogP contribution is -2.66. The smallest absolute Gasteiger partial charge is 0.164 e. The van der Waals surface area contributed by atoms with Crippen LogP contribution in [0.25, 0.3) is 0 Å². The van der Waals surface area contributed by atoms with Crippen molar-refractivity contribution < 1.29 is 9.53 Å². The molecule has 1 saturated carbocycles. The van der Waals surface area contributed by atoms with E-state index in [2.05, 4.69) is 53.9 Å². The molecule has 37 heavy (non-hydrogen) atoms. The van der Waals surface area contributed by atoms with Crippen molar-refractivity contribution in [2.24, 2.45) is 16.7 Å². The van der Waals surface area contributed by atoms with Gasteiger partial charge in [0.25, 0.3) is 0 Å². The quantitative estimate of drug-likeness (QED) is 0.541. The van der Waals surface area contributed by atoms with E-state index in [4.69, 9.17) is 21.6 Å². The van der Waals surface area contributed by atoms with Gasteiger partial charge in [-0.25, -0.2) is 4.98 Å². The van der Waals surface area contributed by atoms with E-state index < -0.39 is 0 Å². The molecule has 3 heterocycles. The van der Waals surface area contributed by atoms with Crippen LogP contribution in [-0.2, 0) is 0 Å². The molecule has 3 fully saturated rings. The number of ketones is 1. The van der Waals surface area contributed by atoms with E-state index in [1.807, 2.05) is 12.1 Å². The average Bonchev–Trinajstić information content (AvgIpc) is 2.85. The van der Waals surface area contributed by atoms with E-state index in [1.54, 1.807) is 24.4 Å². The maximum Gasteiger partial charge on any atom is 0.164 e. The molecule has 5 rings (SSSR count). The lowest BCUT2D eigenvalue weighted by molar-refractivity contribution is -0.196. The monoisotopic (exact) mass is 521 g/mol. The summed E-state index contributed by atoms with van der Waals surface area (Å²) < 4.78 is 6.36. The van der Waals surface area contributed by atoms with Crippen LogP contribution in [0.4, 0.5) is 5.82 Å². The number of pyridine rings is 1. The van der Waals surface area contributed by atoms with Gasteiger partial charge in [-0.05, 0) is 30.2 Å². The molecule has 7 nitrogen and oxygen atoms in total. The lowest BCUT2D eigenvalue weighted by atomic mass is 9.44. The first kappa shape index (κ1) is 26.0. The Morgan fingerprint density at radius 3 is 2.38 bits per heavy atom. The van der Waals surface area contributed by atoms with Gasteiger partial charge in [-0.15, -0.1) is 0 Å². The van der Waals surface area contributed by atoms with Gasteiger partial charge in [0, 0.05) is 80.4 Å². The third kappa shape index (κ3) is 4.83. The number of nitrogens with one attached hydrogen (secondary N) is 1. The molecule has 2 saturated heterocycles. The molecule has 3 aliphatic rings. The molecular formula is C29H36ClN5O2. The molecule has 2 aliphatic heterocycles. The predicted molar refractivity (Wildman–Crippen MR) is 145 cm³/mol. The van der Waals surface area contributed by atoms with E-state index in [1.165, 1.54) is 0 Å². The number of hydrogen-bond acceptors (Lipinski definition) is 7. The van der Waals surface area contributed by atoms with Crippen LogP contribution in [0.1, 0.15) is 50.0 Å². The van der Waals surface area contributed by atoms with Gasteiger partial charge in [0.05, 0.1) is 10.6 Å². The Hall–Kier alpha value is -2.66. The fourth-order valence-electron chi connectivity index (χ4n) is 6.70. The van der Waals surface area contributed by atoms with Crippen molar-refractivity contribution in [3.8, 4) is 11.8 Å². The highest BCUT2D eigenvalue weighted by Crippen LogP contribution is 2.61. The first-order chi connectivity index (χ1) is 17.6. The summed E-state index contributed by atoms with van der Waals surface area (Å²) in [5.74, 6) is 1.86. The molecule has 0 radical (unpaired) electrons. The molecule has 0 spiro atoms. The van der Waals surface area contributed by atoms with Crippen molar-refractivity contribution in [2.75, 3.05) is 44.2 Å². The number of Topliss-reactive ketones (excluding diaryl/α,β-unsaturated/α-hetero) is 1. The van der Waals surface area contributed by atoms with Crippen LogP contribution in [0.5, 0.6) is 5.75 Å². The van der Waals surface area contributed by atoms with Gasteiger partial charge in [0.2, 0.25) is 0 Å². The Bertz CT molecular complexity index is 1180. The fourth-order valence-corrected chi connectivity index (χ4v) is 6.91. The van der Waals surface area contributed by atoms with E-state index in [0.717, 1.165) is 45.1 Å². The van der Waals surface area contributed by atoms with Crippen molar-refractivity contribution in [1.82, 2.24) is 15.2 Å². The number of benzene rings is 1. The number of ether oxygens (including phenoxy) is 1. The number of aromatic nitrogens is 1. The first-order valence-corrected chi connectivity index (χ1v) is 13.5. The summed E-state index contributed by atoms with van der Waals surface area (Å²) in [5.41, 5.74) is 0.681. The standard InChI is InChI=1S/C29H36ClN5O2/c1-28(2)25(29(3,4)27(28)37-22-7-5-19(15-31)23(30)13-22)14-24(36)20-6-8-26(33-16-20)35-11-9-34(10-12-35)21-17-32-18-21/h5-8,13,16,21,25,27,32H,9-12,14,17-18H2,1-4H3. The number of anilines is 1. The van der Waals surface area contributed by atoms with Crippen LogP contribution in [-0.4, -0.2) is 67.1 Å². The highest BCUT2D eigenvalue weighted by Gasteiger charge is 2.63. The van der Waals surface area contributed by atoms with Crippen LogP contribution in [0, 0.1) is 28.1 Å². The minimum Gasteiger partial charge on any atom is -0.489 e. The van der Waals surface area contributed by atoms with Crippen LogP contribution < -0.4 is 15.0 Å². The largest absolute Gasteiger partial charge is 0.489 e. The minimum absolute atomic E-state index is 0.0864. The average molecular weight is 522 g/mol. The molecule has 0 unspecified atom stereocenters. The Kier molecular flexibility index (Phi) is 6.95. The summed E-state index contributed by atoms with van der Waals surface area (Å²) >= 11 is 6.21. The molecule has 1 aromatic heterocycles. The topological polar surface area (TPSA) is 81.5 Å². The fraction of sp³-hybridized carbons (Fsp3) is 0.552. The number of rotatable bonds is 7. The summed E-state index contributed by atoms with van der Waals surface area (Å²) in [5, 5.41) is 12.9. The number of carbonyl (C=O) groups excluding carboxylic acids is 1. The van der Waals surface area contributed by atoms with Crippen molar-refractivity contribution >= 4 is 23.2 Å². The Morgan fingerprint density at radius 1 is 1.14 bits per heavy atom. The molecule has 8 heteroatoms. The molecule has 0 atom stereocenters. The second-order valence-electron chi connectivity index (χ2n) is 11.8. The zero-order chi connectivity index (χ0) is 26.4. The summed E-state index contributed by atoms with van der Waals surface area (Å²) in [6.45, 7) is 14.9. The molecule has 196 valence electrons. The van der Waals surface area contributed by atoms with E-state index in [-0.39, 0.29) is 28.6 Å². The summed E-state index contributed by atoms with van der Waals surface area (Å²) in [6, 6.07) is 11.8. The van der Waals surface area contributed by atoms with Gasteiger partial charge in [0.15, 0.2) is 5.78 Å². The normalized spacial score (nSPS) is 25.0. The van der Waals surface area contributed by atoms with Crippen molar-refractivity contribution in [3.05, 3.63) is 52.7 Å². The summed E-state index contributed by atoms with van der Waals surface area (Å²) in [6.07, 6.45) is 2.10. The Morgan fingerprint density at radius 2 is 1.84 bits per heavy atom. The molecule has 1 aromatic carbocycles. The van der Waals surface area contributed by atoms with Crippen molar-refractivity contribution in [2.45, 2.75) is 46.3 Å². The highest BCUT2D eigenvalue weighted by molar-refractivity contribution is 6.31. The van der Waals surface area contributed by atoms with E-state index in [0.29, 0.717) is 34.4 Å². The van der Waals surface area contributed by atoms with E-state index in [9.17, 15) is 4.79 Å². The molecule has 0 bridgehead atoms. The van der Waals surface area contributed by atoms with E-state index >= 15 is 0 Å². The lowest BCUT2D eigenvalue weighted by Gasteiger charge is -2.63. The number of nitriles is 1. The predicted octanol–water partition coefficient (Wildman–Crippen LogP) is 4.40. The maximum atomic E-state index is 13.3. The second-order valence-corrected chi connectivity index (χ2v) is 12.2. The molecule has 1 aliphatic carbocycles. The van der Waals surface area contributed by atoms with Gasteiger partial charge in [-0.2, -0.15) is 5.26 Å². The Labute approximate surface area is 224 Å². The van der Waals surface area contributed by atoms with Gasteiger partial charge in [-0.3, -0.25) is 9.69 Å². The second kappa shape index (κ2) is 9.90. The van der Waals surface area contributed by atoms with Gasteiger partial charge in [-0.1, -0.05) is 39.3 Å². The van der Waals surface area contributed by atoms with Gasteiger partial charge in [0.1, 0.15) is 23.7 Å². The minimum atomic E-state index is -0.206. The third-order valence-corrected chi connectivity index (χ3v) is 9.15. The molecule has 0 amide bonds. The zero-order valence-electron chi connectivity index (χ0n) is 22.1. The van der Waals surface area contributed by atoms with Gasteiger partial charge < -0.3 is 15.0 Å². The van der Waals surface area contributed by atoms with Gasteiger partial charge >= 0.3 is 0 Å². The zero-order valence-corrected chi connectivity index (χ0v) is 22.9. The molecule has 1 N–H and O–H groups in total. The summed E-state index contributed by atoms with van der Waals surface area (Å²) in [4.78, 5) is 22.8. The molecule has 2 aromatic rings. The van der Waals surface area contributed by atoms with Crippen LogP contribution >= 0.6 is 11.6 Å². The number of halogens is 1. The van der Waals surface area contributed by atoms with Crippen molar-refractivity contribution in [1.29, 1.82) is 5.26 Å². The SMILES string of the molecule is CC1(C)C(CC(=O)c2ccc(N3CCN(C4CNC4)CC3)nc2)C(C)(C)C1Oc1ccc(C#N)c(Cl)c1. The number of nitrogens with zero attached hydrogens (tertiary/aromatic N) is 4. The maximum absolute atomic E-state index is 13.3. The van der Waals surface area contributed by atoms with Crippen LogP contribution in [0.3, 0.4) is 0 Å². The first-order valence-electron chi connectivity index (χ1n) is 13.2. The Balaban J connectivity index is 1.19. The number of carbonyl (C=O) groups is 1. The molecular weight excluding hydrogens is 486 g/mol. The van der Waals surface area contributed by atoms with Crippen LogP contribution in [0.2, 0.25) is 5.02 Å². The number of hydrogen-bond donors (Lipinski definition) is 1.